The van der Waals surface area contributed by atoms with Gasteiger partial charge in [0.1, 0.15) is 13.2 Å². The highest BCUT2D eigenvalue weighted by atomic mass is 19.4. The minimum atomic E-state index is -4.30. The monoisotopic (exact) mass is 209 g/mol. The number of alkyl halides is 3. The van der Waals surface area contributed by atoms with Crippen molar-refractivity contribution in [3.63, 3.8) is 0 Å². The summed E-state index contributed by atoms with van der Waals surface area (Å²) in [5.41, 5.74) is 0. The van der Waals surface area contributed by atoms with Crippen molar-refractivity contribution >= 4 is 0 Å². The van der Waals surface area contributed by atoms with E-state index in [0.717, 1.165) is 0 Å². The zero-order chi connectivity index (χ0) is 10.6. The van der Waals surface area contributed by atoms with E-state index < -0.39 is 12.8 Å². The number of rotatable bonds is 4. The number of aromatic amines is 1. The van der Waals surface area contributed by atoms with Crippen molar-refractivity contribution in [3.05, 3.63) is 11.6 Å². The van der Waals surface area contributed by atoms with Gasteiger partial charge in [0.25, 0.3) is 0 Å². The molecule has 4 nitrogen and oxygen atoms in total. The molecule has 0 amide bonds. The molecule has 0 aromatic carbocycles. The maximum atomic E-state index is 11.7. The quantitative estimate of drug-likeness (QED) is 0.816. The zero-order valence-corrected chi connectivity index (χ0v) is 7.56. The summed E-state index contributed by atoms with van der Waals surface area (Å²) in [4.78, 5) is 3.89. The van der Waals surface area contributed by atoms with Crippen LogP contribution in [0.2, 0.25) is 0 Å². The molecule has 1 N–H and O–H groups in total. The lowest BCUT2D eigenvalue weighted by Crippen LogP contribution is -2.17. The molecule has 0 atom stereocenters. The van der Waals surface area contributed by atoms with E-state index in [2.05, 4.69) is 19.9 Å². The Morgan fingerprint density at radius 2 is 2.14 bits per heavy atom. The van der Waals surface area contributed by atoms with Gasteiger partial charge in [0.05, 0.1) is 0 Å². The molecule has 0 aliphatic heterocycles. The van der Waals surface area contributed by atoms with Crippen molar-refractivity contribution < 1.29 is 17.9 Å². The first-order chi connectivity index (χ1) is 6.51. The minimum absolute atomic E-state index is 0.202. The van der Waals surface area contributed by atoms with Gasteiger partial charge in [0.15, 0.2) is 11.6 Å². The average Bonchev–Trinajstić information content (AvgIpc) is 2.50. The maximum Gasteiger partial charge on any atom is 0.411 e. The number of ether oxygens (including phenoxy) is 1. The van der Waals surface area contributed by atoms with Crippen LogP contribution in [-0.4, -0.2) is 28.0 Å². The number of H-pyrrole nitrogens is 1. The molecule has 0 aliphatic carbocycles. The van der Waals surface area contributed by atoms with Crippen LogP contribution in [0.15, 0.2) is 0 Å². The third-order valence-electron chi connectivity index (χ3n) is 1.40. The SMILES string of the molecule is CCc1n[nH]c(COCC(F)(F)F)n1. The van der Waals surface area contributed by atoms with Crippen LogP contribution < -0.4 is 0 Å². The molecule has 14 heavy (non-hydrogen) atoms. The number of nitrogens with one attached hydrogen (secondary N) is 1. The Bertz CT molecular complexity index is 284. The summed E-state index contributed by atoms with van der Waals surface area (Å²) < 4.78 is 39.4. The van der Waals surface area contributed by atoms with E-state index in [9.17, 15) is 13.2 Å². The Morgan fingerprint density at radius 3 is 2.64 bits per heavy atom. The topological polar surface area (TPSA) is 50.8 Å². The van der Waals surface area contributed by atoms with Gasteiger partial charge in [-0.15, -0.1) is 0 Å². The van der Waals surface area contributed by atoms with E-state index in [1.807, 2.05) is 6.92 Å². The van der Waals surface area contributed by atoms with E-state index >= 15 is 0 Å². The van der Waals surface area contributed by atoms with Gasteiger partial charge in [-0.3, -0.25) is 5.10 Å². The van der Waals surface area contributed by atoms with Crippen LogP contribution >= 0.6 is 0 Å². The van der Waals surface area contributed by atoms with Gasteiger partial charge in [0.2, 0.25) is 0 Å². The lowest BCUT2D eigenvalue weighted by atomic mass is 10.5. The van der Waals surface area contributed by atoms with Crippen LogP contribution in [0, 0.1) is 0 Å². The molecule has 1 aromatic heterocycles. The van der Waals surface area contributed by atoms with Gasteiger partial charge in [-0.25, -0.2) is 4.98 Å². The second-order valence-electron chi connectivity index (χ2n) is 2.66. The van der Waals surface area contributed by atoms with Gasteiger partial charge >= 0.3 is 6.18 Å². The fraction of sp³-hybridized carbons (Fsp3) is 0.714. The van der Waals surface area contributed by atoms with E-state index in [4.69, 9.17) is 0 Å². The number of aryl methyl sites for hydroxylation is 1. The Kier molecular flexibility index (Phi) is 3.45. The van der Waals surface area contributed by atoms with Crippen LogP contribution in [0.4, 0.5) is 13.2 Å². The van der Waals surface area contributed by atoms with Crippen molar-refractivity contribution in [2.75, 3.05) is 6.61 Å². The number of hydrogen-bond donors (Lipinski definition) is 1. The third kappa shape index (κ3) is 3.73. The molecule has 0 saturated carbocycles. The molecule has 0 spiro atoms. The highest BCUT2D eigenvalue weighted by Crippen LogP contribution is 2.14. The summed E-state index contributed by atoms with van der Waals surface area (Å²) in [7, 11) is 0. The van der Waals surface area contributed by atoms with Crippen molar-refractivity contribution in [1.82, 2.24) is 15.2 Å². The molecule has 0 fully saturated rings. The highest BCUT2D eigenvalue weighted by Gasteiger charge is 2.27. The first kappa shape index (κ1) is 11.0. The van der Waals surface area contributed by atoms with Gasteiger partial charge in [-0.1, -0.05) is 6.92 Å². The standard InChI is InChI=1S/C7H10F3N3O/c1-2-5-11-6(13-12-5)3-14-4-7(8,9)10/h2-4H2,1H3,(H,11,12,13). The number of aromatic nitrogens is 3. The summed E-state index contributed by atoms with van der Waals surface area (Å²) in [6, 6.07) is 0. The first-order valence-corrected chi connectivity index (χ1v) is 4.06. The molecule has 0 bridgehead atoms. The van der Waals surface area contributed by atoms with Crippen LogP contribution in [-0.2, 0) is 17.8 Å². The fourth-order valence-corrected chi connectivity index (χ4v) is 0.821. The Labute approximate surface area is 78.5 Å². The van der Waals surface area contributed by atoms with E-state index in [-0.39, 0.29) is 6.61 Å². The molecule has 1 heterocycles. The van der Waals surface area contributed by atoms with E-state index in [1.54, 1.807) is 0 Å². The van der Waals surface area contributed by atoms with Gasteiger partial charge in [-0.05, 0) is 0 Å². The molecule has 0 radical (unpaired) electrons. The van der Waals surface area contributed by atoms with Crippen molar-refractivity contribution in [3.8, 4) is 0 Å². The third-order valence-corrected chi connectivity index (χ3v) is 1.40. The van der Waals surface area contributed by atoms with Crippen molar-refractivity contribution in [2.24, 2.45) is 0 Å². The number of nitrogens with zero attached hydrogens (tertiary/aromatic N) is 2. The number of hydrogen-bond acceptors (Lipinski definition) is 3. The first-order valence-electron chi connectivity index (χ1n) is 4.06. The Morgan fingerprint density at radius 1 is 1.43 bits per heavy atom. The van der Waals surface area contributed by atoms with Crippen LogP contribution in [0.25, 0.3) is 0 Å². The zero-order valence-electron chi connectivity index (χ0n) is 7.56. The van der Waals surface area contributed by atoms with Gasteiger partial charge < -0.3 is 4.74 Å². The summed E-state index contributed by atoms with van der Waals surface area (Å²) >= 11 is 0. The molecule has 80 valence electrons. The van der Waals surface area contributed by atoms with E-state index in [1.165, 1.54) is 0 Å². The van der Waals surface area contributed by atoms with Crippen LogP contribution in [0.1, 0.15) is 18.6 Å². The van der Waals surface area contributed by atoms with Crippen molar-refractivity contribution in [1.29, 1.82) is 0 Å². The molecular formula is C7H10F3N3O. The predicted molar refractivity (Wildman–Crippen MR) is 41.5 cm³/mol. The summed E-state index contributed by atoms with van der Waals surface area (Å²) in [5.74, 6) is 0.877. The minimum Gasteiger partial charge on any atom is -0.364 e. The van der Waals surface area contributed by atoms with Gasteiger partial charge in [-0.2, -0.15) is 18.3 Å². The summed E-state index contributed by atoms with van der Waals surface area (Å²) in [5, 5.41) is 6.24. The smallest absolute Gasteiger partial charge is 0.364 e. The molecule has 1 aromatic rings. The molecule has 0 saturated heterocycles. The molecular weight excluding hydrogens is 199 g/mol. The predicted octanol–water partition coefficient (Wildman–Crippen LogP) is 1.45. The summed E-state index contributed by atoms with van der Waals surface area (Å²) in [6.45, 7) is 0.380. The normalized spacial score (nSPS) is 12.0. The molecule has 0 unspecified atom stereocenters. The highest BCUT2D eigenvalue weighted by molar-refractivity contribution is 4.87. The number of halogens is 3. The second kappa shape index (κ2) is 4.41. The maximum absolute atomic E-state index is 11.7. The molecule has 7 heteroatoms. The molecule has 1 rings (SSSR count). The average molecular weight is 209 g/mol. The lowest BCUT2D eigenvalue weighted by Gasteiger charge is -2.05. The lowest BCUT2D eigenvalue weighted by molar-refractivity contribution is -0.177. The van der Waals surface area contributed by atoms with Crippen molar-refractivity contribution in [2.45, 2.75) is 26.1 Å². The second-order valence-corrected chi connectivity index (χ2v) is 2.66. The Hall–Kier alpha value is -1.11. The fourth-order valence-electron chi connectivity index (χ4n) is 0.821. The largest absolute Gasteiger partial charge is 0.411 e. The van der Waals surface area contributed by atoms with Crippen LogP contribution in [0.3, 0.4) is 0 Å². The van der Waals surface area contributed by atoms with Crippen LogP contribution in [0.5, 0.6) is 0 Å². The van der Waals surface area contributed by atoms with Gasteiger partial charge in [0, 0.05) is 6.42 Å². The summed E-state index contributed by atoms with van der Waals surface area (Å²) in [6.07, 6.45) is -3.66. The Balaban J connectivity index is 2.31. The van der Waals surface area contributed by atoms with E-state index in [0.29, 0.717) is 18.1 Å². The molecule has 0 aliphatic rings.